The van der Waals surface area contributed by atoms with Crippen LogP contribution in [0.2, 0.25) is 0 Å². The maximum absolute atomic E-state index is 10.1. The van der Waals surface area contributed by atoms with E-state index < -0.39 is 0 Å². The first-order valence-corrected chi connectivity index (χ1v) is 8.87. The number of para-hydroxylation sites is 1. The first-order valence-electron chi connectivity index (χ1n) is 8.87. The van der Waals surface area contributed by atoms with Gasteiger partial charge >= 0.3 is 0 Å². The second-order valence-electron chi connectivity index (χ2n) is 6.24. The first kappa shape index (κ1) is 16.8. The third-order valence-electron chi connectivity index (χ3n) is 4.37. The van der Waals surface area contributed by atoms with E-state index >= 15 is 0 Å². The number of hydrogen-bond acceptors (Lipinski definition) is 4. The Balaban J connectivity index is 1.40. The lowest BCUT2D eigenvalue weighted by molar-refractivity contribution is 0.457. The topological polar surface area (TPSA) is 73.3 Å². The highest BCUT2D eigenvalue weighted by atomic mass is 16.3. The molecule has 0 fully saturated rings. The minimum Gasteiger partial charge on any atom is -0.494 e. The highest BCUT2D eigenvalue weighted by Crippen LogP contribution is 2.26. The summed E-state index contributed by atoms with van der Waals surface area (Å²) in [6, 6.07) is 21.6. The van der Waals surface area contributed by atoms with Gasteiger partial charge < -0.3 is 15.4 Å². The van der Waals surface area contributed by atoms with Gasteiger partial charge in [0.25, 0.3) is 0 Å². The molecule has 0 aliphatic carbocycles. The number of fused-ring (bicyclic) bond motifs is 1. The van der Waals surface area contributed by atoms with Crippen LogP contribution in [0.1, 0.15) is 11.3 Å². The molecule has 4 rings (SSSR count). The summed E-state index contributed by atoms with van der Waals surface area (Å²) in [5, 5.41) is 14.4. The number of nitrogens with one attached hydrogen (secondary N) is 2. The molecule has 0 unspecified atom stereocenters. The van der Waals surface area contributed by atoms with E-state index in [0.717, 1.165) is 40.9 Å². The molecular weight excluding hydrogens is 336 g/mol. The summed E-state index contributed by atoms with van der Waals surface area (Å²) in [5.41, 5.74) is 4.53. The molecule has 2 aromatic heterocycles. The number of benzene rings is 2. The molecule has 0 aliphatic heterocycles. The predicted octanol–water partition coefficient (Wildman–Crippen LogP) is 4.67. The molecule has 3 N–H and O–H groups in total. The summed E-state index contributed by atoms with van der Waals surface area (Å²) in [4.78, 5) is 11.8. The van der Waals surface area contributed by atoms with Gasteiger partial charge in [-0.1, -0.05) is 24.3 Å². The largest absolute Gasteiger partial charge is 0.494 e. The Morgan fingerprint density at radius 3 is 2.63 bits per heavy atom. The van der Waals surface area contributed by atoms with E-state index in [1.165, 1.54) is 0 Å². The van der Waals surface area contributed by atoms with E-state index in [4.69, 9.17) is 0 Å². The van der Waals surface area contributed by atoms with Gasteiger partial charge in [0.15, 0.2) is 5.88 Å². The van der Waals surface area contributed by atoms with E-state index in [-0.39, 0.29) is 5.88 Å². The third-order valence-corrected chi connectivity index (χ3v) is 4.37. The van der Waals surface area contributed by atoms with Crippen molar-refractivity contribution in [3.8, 4) is 5.88 Å². The van der Waals surface area contributed by atoms with Crippen molar-refractivity contribution in [2.45, 2.75) is 6.42 Å². The molecule has 5 heteroatoms. The van der Waals surface area contributed by atoms with Gasteiger partial charge in [-0.3, -0.25) is 9.98 Å². The monoisotopic (exact) mass is 356 g/mol. The van der Waals surface area contributed by atoms with Gasteiger partial charge in [-0.15, -0.1) is 0 Å². The minimum absolute atomic E-state index is 0.132. The Labute approximate surface area is 157 Å². The fraction of sp³-hybridized carbons (Fsp3) is 0.0909. The number of H-pyrrole nitrogens is 1. The highest BCUT2D eigenvalue weighted by molar-refractivity contribution is 6.02. The fourth-order valence-corrected chi connectivity index (χ4v) is 2.97. The van der Waals surface area contributed by atoms with Gasteiger partial charge in [0, 0.05) is 47.7 Å². The van der Waals surface area contributed by atoms with Crippen molar-refractivity contribution < 1.29 is 5.11 Å². The molecule has 2 heterocycles. The predicted molar refractivity (Wildman–Crippen MR) is 110 cm³/mol. The molecule has 4 aromatic rings. The van der Waals surface area contributed by atoms with Crippen LogP contribution in [0.5, 0.6) is 5.88 Å². The van der Waals surface area contributed by atoms with E-state index in [2.05, 4.69) is 20.3 Å². The first-order chi connectivity index (χ1) is 13.3. The second kappa shape index (κ2) is 7.74. The number of aromatic amines is 1. The number of nitrogens with zero attached hydrogens (tertiary/aromatic N) is 2. The van der Waals surface area contributed by atoms with Gasteiger partial charge in [0.2, 0.25) is 0 Å². The summed E-state index contributed by atoms with van der Waals surface area (Å²) in [5.74, 6) is 0.132. The number of hydrogen-bond donors (Lipinski definition) is 3. The van der Waals surface area contributed by atoms with Crippen LogP contribution in [0.4, 0.5) is 11.4 Å². The zero-order valence-corrected chi connectivity index (χ0v) is 14.8. The Hall–Kier alpha value is -3.60. The Morgan fingerprint density at radius 1 is 1.00 bits per heavy atom. The quantitative estimate of drug-likeness (QED) is 0.439. The van der Waals surface area contributed by atoms with Crippen LogP contribution < -0.4 is 5.32 Å². The molecular formula is C22H20N4O. The third kappa shape index (κ3) is 3.98. The summed E-state index contributed by atoms with van der Waals surface area (Å²) >= 11 is 0. The van der Waals surface area contributed by atoms with Crippen LogP contribution in [0.15, 0.2) is 77.9 Å². The SMILES string of the molecule is Oc1[nH]c2ccccc2c1C=Nc1ccc(NCCc2ccccn2)cc1. The molecule has 0 bridgehead atoms. The average molecular weight is 356 g/mol. The van der Waals surface area contributed by atoms with Crippen molar-refractivity contribution in [3.63, 3.8) is 0 Å². The second-order valence-corrected chi connectivity index (χ2v) is 6.24. The van der Waals surface area contributed by atoms with Crippen molar-refractivity contribution >= 4 is 28.5 Å². The minimum atomic E-state index is 0.132. The summed E-state index contributed by atoms with van der Waals surface area (Å²) < 4.78 is 0. The lowest BCUT2D eigenvalue weighted by Crippen LogP contribution is -2.05. The zero-order chi connectivity index (χ0) is 18.5. The number of aromatic nitrogens is 2. The number of aliphatic imine (C=N–C) groups is 1. The molecule has 0 spiro atoms. The Bertz CT molecular complexity index is 1050. The summed E-state index contributed by atoms with van der Waals surface area (Å²) in [6.07, 6.45) is 4.38. The maximum atomic E-state index is 10.1. The van der Waals surface area contributed by atoms with Gasteiger partial charge in [0.1, 0.15) is 0 Å². The number of pyridine rings is 1. The lowest BCUT2D eigenvalue weighted by Gasteiger charge is -2.06. The maximum Gasteiger partial charge on any atom is 0.198 e. The smallest absolute Gasteiger partial charge is 0.198 e. The van der Waals surface area contributed by atoms with Gasteiger partial charge in [-0.25, -0.2) is 0 Å². The molecule has 2 aromatic carbocycles. The van der Waals surface area contributed by atoms with E-state index in [1.54, 1.807) is 6.21 Å². The number of aromatic hydroxyl groups is 1. The van der Waals surface area contributed by atoms with E-state index in [0.29, 0.717) is 5.56 Å². The summed E-state index contributed by atoms with van der Waals surface area (Å²) in [6.45, 7) is 0.822. The lowest BCUT2D eigenvalue weighted by atomic mass is 10.2. The highest BCUT2D eigenvalue weighted by Gasteiger charge is 2.07. The van der Waals surface area contributed by atoms with Crippen LogP contribution in [-0.2, 0) is 6.42 Å². The van der Waals surface area contributed by atoms with Crippen LogP contribution in [0.3, 0.4) is 0 Å². The van der Waals surface area contributed by atoms with Crippen molar-refractivity contribution in [1.29, 1.82) is 0 Å². The fourth-order valence-electron chi connectivity index (χ4n) is 2.97. The molecule has 0 saturated carbocycles. The normalized spacial score (nSPS) is 11.3. The van der Waals surface area contributed by atoms with Crippen molar-refractivity contribution in [2.24, 2.45) is 4.99 Å². The van der Waals surface area contributed by atoms with E-state index in [1.807, 2.05) is 72.9 Å². The van der Waals surface area contributed by atoms with Crippen LogP contribution >= 0.6 is 0 Å². The summed E-state index contributed by atoms with van der Waals surface area (Å²) in [7, 11) is 0. The molecule has 0 radical (unpaired) electrons. The Kier molecular flexibility index (Phi) is 4.83. The molecule has 0 saturated heterocycles. The average Bonchev–Trinajstić information content (AvgIpc) is 3.03. The van der Waals surface area contributed by atoms with Crippen LogP contribution in [-0.4, -0.2) is 27.8 Å². The Morgan fingerprint density at radius 2 is 1.81 bits per heavy atom. The molecule has 0 atom stereocenters. The molecule has 0 aliphatic rings. The van der Waals surface area contributed by atoms with Crippen LogP contribution in [0.25, 0.3) is 10.9 Å². The van der Waals surface area contributed by atoms with Crippen LogP contribution in [0, 0.1) is 0 Å². The molecule has 5 nitrogen and oxygen atoms in total. The van der Waals surface area contributed by atoms with E-state index in [9.17, 15) is 5.11 Å². The van der Waals surface area contributed by atoms with Crippen molar-refractivity contribution in [2.75, 3.05) is 11.9 Å². The standard InChI is InChI=1S/C22H20N4O/c27-22-20(19-6-1-2-7-21(19)26-22)15-25-18-10-8-17(9-11-18)24-14-12-16-5-3-4-13-23-16/h1-11,13,15,24,26-27H,12,14H2. The molecule has 0 amide bonds. The van der Waals surface area contributed by atoms with Crippen molar-refractivity contribution in [1.82, 2.24) is 9.97 Å². The van der Waals surface area contributed by atoms with Gasteiger partial charge in [-0.2, -0.15) is 0 Å². The van der Waals surface area contributed by atoms with Gasteiger partial charge in [-0.05, 0) is 42.5 Å². The number of anilines is 1. The van der Waals surface area contributed by atoms with Gasteiger partial charge in [0.05, 0.1) is 11.3 Å². The zero-order valence-electron chi connectivity index (χ0n) is 14.8. The molecule has 134 valence electrons. The number of rotatable bonds is 6. The molecule has 27 heavy (non-hydrogen) atoms. The van der Waals surface area contributed by atoms with Crippen molar-refractivity contribution in [3.05, 3.63) is 84.2 Å².